The van der Waals surface area contributed by atoms with Gasteiger partial charge in [0.1, 0.15) is 5.76 Å². The number of para-hydroxylation sites is 1. The Morgan fingerprint density at radius 2 is 1.50 bits per heavy atom. The van der Waals surface area contributed by atoms with Gasteiger partial charge in [-0.15, -0.1) is 0 Å². The number of rotatable bonds is 3. The van der Waals surface area contributed by atoms with Crippen LogP contribution in [0.25, 0.3) is 6.08 Å². The van der Waals surface area contributed by atoms with Crippen LogP contribution in [0.5, 0.6) is 0 Å². The maximum atomic E-state index is 12.6. The highest BCUT2D eigenvalue weighted by Crippen LogP contribution is 2.29. The van der Waals surface area contributed by atoms with Crippen molar-refractivity contribution in [2.45, 2.75) is 6.54 Å². The molecule has 0 N–H and O–H groups in total. The van der Waals surface area contributed by atoms with E-state index >= 15 is 0 Å². The third-order valence-electron chi connectivity index (χ3n) is 4.38. The van der Waals surface area contributed by atoms with E-state index in [4.69, 9.17) is 4.74 Å². The molecule has 0 unspecified atom stereocenters. The lowest BCUT2D eigenvalue weighted by atomic mass is 10.1. The first kappa shape index (κ1) is 16.2. The number of anilines is 1. The molecule has 1 aliphatic heterocycles. The predicted molar refractivity (Wildman–Crippen MR) is 104 cm³/mol. The summed E-state index contributed by atoms with van der Waals surface area (Å²) in [7, 11) is 0. The van der Waals surface area contributed by atoms with Crippen LogP contribution >= 0.6 is 0 Å². The van der Waals surface area contributed by atoms with Crippen molar-refractivity contribution < 1.29 is 9.53 Å². The molecule has 0 saturated carbocycles. The molecule has 26 heavy (non-hydrogen) atoms. The molecule has 0 aliphatic carbocycles. The summed E-state index contributed by atoms with van der Waals surface area (Å²) in [5, 5.41) is 0. The molecule has 128 valence electrons. The fourth-order valence-electron chi connectivity index (χ4n) is 3.16. The van der Waals surface area contributed by atoms with Gasteiger partial charge in [-0.25, -0.2) is 4.79 Å². The van der Waals surface area contributed by atoms with Crippen molar-refractivity contribution in [3.63, 3.8) is 0 Å². The molecule has 0 saturated heterocycles. The number of esters is 1. The van der Waals surface area contributed by atoms with E-state index in [2.05, 4.69) is 17.0 Å². The zero-order valence-electron chi connectivity index (χ0n) is 14.3. The van der Waals surface area contributed by atoms with Gasteiger partial charge in [-0.2, -0.15) is 0 Å². The number of ether oxygens (including phenoxy) is 1. The van der Waals surface area contributed by atoms with Crippen molar-refractivity contribution in [3.8, 4) is 0 Å². The summed E-state index contributed by atoms with van der Waals surface area (Å²) in [5.41, 5.74) is 3.70. The second-order valence-corrected chi connectivity index (χ2v) is 6.27. The third-order valence-corrected chi connectivity index (χ3v) is 4.38. The first-order valence-corrected chi connectivity index (χ1v) is 8.65. The molecule has 3 nitrogen and oxygen atoms in total. The van der Waals surface area contributed by atoms with Crippen LogP contribution in [-0.4, -0.2) is 12.5 Å². The third kappa shape index (κ3) is 3.52. The molecule has 0 atom stereocenters. The minimum absolute atomic E-state index is 0.307. The minimum atomic E-state index is -0.307. The number of hydrogen-bond donors (Lipinski definition) is 0. The highest BCUT2D eigenvalue weighted by molar-refractivity contribution is 5.97. The molecule has 3 heteroatoms. The number of fused-ring (bicyclic) bond motifs is 1. The van der Waals surface area contributed by atoms with E-state index < -0.39 is 0 Å². The highest BCUT2D eigenvalue weighted by Gasteiger charge is 2.24. The van der Waals surface area contributed by atoms with Gasteiger partial charge in [-0.1, -0.05) is 72.8 Å². The Bertz CT molecular complexity index is 933. The molecule has 3 aromatic carbocycles. The predicted octanol–water partition coefficient (Wildman–Crippen LogP) is 4.90. The van der Waals surface area contributed by atoms with Gasteiger partial charge in [-0.3, -0.25) is 0 Å². The van der Waals surface area contributed by atoms with Gasteiger partial charge in [0, 0.05) is 6.54 Å². The van der Waals surface area contributed by atoms with Gasteiger partial charge in [0.05, 0.1) is 17.8 Å². The SMILES string of the molecule is O=C1O/C(=C\c2ccccc2)CN(Cc2ccccc2)c2ccccc21. The van der Waals surface area contributed by atoms with E-state index in [9.17, 15) is 4.79 Å². The Hall–Kier alpha value is -3.33. The summed E-state index contributed by atoms with van der Waals surface area (Å²) in [6, 6.07) is 27.8. The van der Waals surface area contributed by atoms with Gasteiger partial charge in [0.2, 0.25) is 0 Å². The Balaban J connectivity index is 1.72. The van der Waals surface area contributed by atoms with Crippen molar-refractivity contribution in [3.05, 3.63) is 107 Å². The molecule has 1 aliphatic rings. The largest absolute Gasteiger partial charge is 0.425 e. The average molecular weight is 341 g/mol. The number of carbonyl (C=O) groups is 1. The zero-order chi connectivity index (χ0) is 17.8. The van der Waals surface area contributed by atoms with Crippen LogP contribution in [0.3, 0.4) is 0 Å². The van der Waals surface area contributed by atoms with Gasteiger partial charge in [-0.05, 0) is 29.3 Å². The molecule has 0 amide bonds. The lowest BCUT2D eigenvalue weighted by Gasteiger charge is -2.24. The Labute approximate surface area is 153 Å². The summed E-state index contributed by atoms with van der Waals surface area (Å²) in [5.74, 6) is 0.340. The van der Waals surface area contributed by atoms with Crippen molar-refractivity contribution in [1.29, 1.82) is 0 Å². The van der Waals surface area contributed by atoms with Gasteiger partial charge < -0.3 is 9.64 Å². The number of nitrogens with zero attached hydrogens (tertiary/aromatic N) is 1. The monoisotopic (exact) mass is 341 g/mol. The van der Waals surface area contributed by atoms with E-state index in [-0.39, 0.29) is 5.97 Å². The second-order valence-electron chi connectivity index (χ2n) is 6.27. The molecular formula is C23H19NO2. The highest BCUT2D eigenvalue weighted by atomic mass is 16.5. The molecule has 0 fully saturated rings. The number of benzene rings is 3. The standard InChI is InChI=1S/C23H19NO2/c25-23-21-13-7-8-14-22(21)24(16-19-11-5-2-6-12-19)17-20(26-23)15-18-9-3-1-4-10-18/h1-15H,16-17H2/b20-15-. The first-order valence-electron chi connectivity index (χ1n) is 8.65. The maximum Gasteiger partial charge on any atom is 0.345 e. The van der Waals surface area contributed by atoms with Crippen LogP contribution in [0.2, 0.25) is 0 Å². The van der Waals surface area contributed by atoms with Gasteiger partial charge >= 0.3 is 5.97 Å². The summed E-state index contributed by atoms with van der Waals surface area (Å²) in [6.45, 7) is 1.24. The molecule has 0 spiro atoms. The lowest BCUT2D eigenvalue weighted by Crippen LogP contribution is -2.24. The van der Waals surface area contributed by atoms with Gasteiger partial charge in [0.15, 0.2) is 0 Å². The first-order chi connectivity index (χ1) is 12.8. The Morgan fingerprint density at radius 3 is 2.27 bits per heavy atom. The van der Waals surface area contributed by atoms with Gasteiger partial charge in [0.25, 0.3) is 0 Å². The van der Waals surface area contributed by atoms with E-state index in [1.807, 2.05) is 78.9 Å². The molecule has 4 rings (SSSR count). The maximum absolute atomic E-state index is 12.6. The zero-order valence-corrected chi connectivity index (χ0v) is 14.3. The smallest absolute Gasteiger partial charge is 0.345 e. The van der Waals surface area contributed by atoms with Crippen LogP contribution < -0.4 is 4.90 Å². The van der Waals surface area contributed by atoms with Crippen LogP contribution in [0.1, 0.15) is 21.5 Å². The van der Waals surface area contributed by atoms with Crippen LogP contribution in [0.15, 0.2) is 90.7 Å². The van der Waals surface area contributed by atoms with Crippen molar-refractivity contribution in [2.24, 2.45) is 0 Å². The quantitative estimate of drug-likeness (QED) is 0.634. The topological polar surface area (TPSA) is 29.5 Å². The minimum Gasteiger partial charge on any atom is -0.425 e. The molecular weight excluding hydrogens is 322 g/mol. The lowest BCUT2D eigenvalue weighted by molar-refractivity contribution is 0.0632. The van der Waals surface area contributed by atoms with Crippen molar-refractivity contribution in [1.82, 2.24) is 0 Å². The summed E-state index contributed by atoms with van der Waals surface area (Å²) >= 11 is 0. The fourth-order valence-corrected chi connectivity index (χ4v) is 3.16. The molecule has 0 radical (unpaired) electrons. The van der Waals surface area contributed by atoms with Crippen molar-refractivity contribution in [2.75, 3.05) is 11.4 Å². The van der Waals surface area contributed by atoms with Crippen LogP contribution in [0, 0.1) is 0 Å². The van der Waals surface area contributed by atoms with Crippen LogP contribution in [0.4, 0.5) is 5.69 Å². The molecule has 1 heterocycles. The molecule has 0 bridgehead atoms. The summed E-state index contributed by atoms with van der Waals surface area (Å²) < 4.78 is 5.69. The van der Waals surface area contributed by atoms with Crippen LogP contribution in [-0.2, 0) is 11.3 Å². The summed E-state index contributed by atoms with van der Waals surface area (Å²) in [4.78, 5) is 14.8. The molecule has 3 aromatic rings. The van der Waals surface area contributed by atoms with E-state index in [1.165, 1.54) is 5.56 Å². The number of cyclic esters (lactones) is 1. The Kier molecular flexibility index (Phi) is 4.52. The van der Waals surface area contributed by atoms with E-state index in [0.717, 1.165) is 11.3 Å². The fraction of sp³-hybridized carbons (Fsp3) is 0.0870. The normalized spacial score (nSPS) is 15.3. The average Bonchev–Trinajstić information content (AvgIpc) is 2.81. The Morgan fingerprint density at radius 1 is 0.846 bits per heavy atom. The molecule has 0 aromatic heterocycles. The summed E-state index contributed by atoms with van der Waals surface area (Å²) in [6.07, 6.45) is 1.93. The number of carbonyl (C=O) groups excluding carboxylic acids is 1. The second kappa shape index (κ2) is 7.28. The number of hydrogen-bond acceptors (Lipinski definition) is 3. The van der Waals surface area contributed by atoms with E-state index in [0.29, 0.717) is 24.4 Å². The van der Waals surface area contributed by atoms with E-state index in [1.54, 1.807) is 0 Å². The van der Waals surface area contributed by atoms with Crippen molar-refractivity contribution >= 4 is 17.7 Å².